The normalized spacial score (nSPS) is 12.5. The van der Waals surface area contributed by atoms with Gasteiger partial charge in [0.15, 0.2) is 0 Å². The van der Waals surface area contributed by atoms with Crippen LogP contribution in [-0.4, -0.2) is 0 Å². The number of rotatable bonds is 4. The molecule has 10 rings (SSSR count). The van der Waals surface area contributed by atoms with Crippen molar-refractivity contribution in [3.63, 3.8) is 0 Å². The van der Waals surface area contributed by atoms with E-state index < -0.39 is 0 Å². The summed E-state index contributed by atoms with van der Waals surface area (Å²) in [6.45, 7) is 0. The van der Waals surface area contributed by atoms with Gasteiger partial charge in [-0.3, -0.25) is 0 Å². The minimum Gasteiger partial charge on any atom is -0.456 e. The lowest BCUT2D eigenvalue weighted by atomic mass is 9.84. The van der Waals surface area contributed by atoms with Gasteiger partial charge in [-0.05, 0) is 119 Å². The van der Waals surface area contributed by atoms with E-state index in [9.17, 15) is 4.11 Å². The van der Waals surface area contributed by atoms with E-state index in [-0.39, 0.29) is 18.1 Å². The van der Waals surface area contributed by atoms with E-state index >= 15 is 0 Å². The van der Waals surface area contributed by atoms with Crippen LogP contribution in [0.1, 0.15) is 4.11 Å². The molecule has 228 valence electrons. The molecule has 10 aromatic rings. The molecule has 0 unspecified atom stereocenters. The molecule has 0 aliphatic rings. The first-order valence-electron chi connectivity index (χ1n) is 18.1. The fourth-order valence-electron chi connectivity index (χ4n) is 7.42. The quantitative estimate of drug-likeness (QED) is 0.177. The van der Waals surface area contributed by atoms with Crippen molar-refractivity contribution in [2.45, 2.75) is 0 Å². The summed E-state index contributed by atoms with van der Waals surface area (Å²) in [4.78, 5) is 0. The number of hydrogen-bond donors (Lipinski definition) is 0. The molecule has 0 aliphatic heterocycles. The first-order valence-corrected chi connectivity index (χ1v) is 16.6. The lowest BCUT2D eigenvalue weighted by molar-refractivity contribution is 0.669. The first kappa shape index (κ1) is 24.7. The maximum atomic E-state index is 9.79. The molecule has 49 heavy (non-hydrogen) atoms. The zero-order valence-electron chi connectivity index (χ0n) is 29.5. The molecule has 0 saturated carbocycles. The monoisotopic (exact) mass is 625 g/mol. The SMILES string of the molecule is [2H]c1c(-c2ccccc2)c([2H])c(-c2c3ccccc3c(-c3ccc4oc5cc6ccccc6cc5c4c3)c3ccccc23)c([2H])c1-c1ccccc1. The number of hydrogen-bond acceptors (Lipinski definition) is 1. The summed E-state index contributed by atoms with van der Waals surface area (Å²) in [5, 5.41) is 8.43. The molecule has 0 amide bonds. The van der Waals surface area contributed by atoms with Crippen molar-refractivity contribution in [2.75, 3.05) is 0 Å². The molecule has 1 aromatic heterocycles. The maximum Gasteiger partial charge on any atom is 0.136 e. The van der Waals surface area contributed by atoms with Crippen LogP contribution in [0.4, 0.5) is 0 Å². The fourth-order valence-corrected chi connectivity index (χ4v) is 7.42. The van der Waals surface area contributed by atoms with E-state index in [2.05, 4.69) is 84.9 Å². The second kappa shape index (κ2) is 11.1. The van der Waals surface area contributed by atoms with Gasteiger partial charge >= 0.3 is 0 Å². The smallest absolute Gasteiger partial charge is 0.136 e. The Morgan fingerprint density at radius 1 is 0.306 bits per heavy atom. The molecule has 0 bridgehead atoms. The minimum atomic E-state index is 0.183. The van der Waals surface area contributed by atoms with Gasteiger partial charge in [0.25, 0.3) is 0 Å². The van der Waals surface area contributed by atoms with Gasteiger partial charge in [0, 0.05) is 10.8 Å². The standard InChI is InChI=1S/C48H30O/c1-3-13-31(14-4-1)36-25-37(32-15-5-2-6-16-32)27-38(26-36)48-41-21-11-9-19-39(41)47(40-20-10-12-22-42(40)48)35-23-24-45-43(29-35)44-28-33-17-7-8-18-34(33)30-46(44)49-45/h1-30H/i25D,26D,27D. The number of fused-ring (bicyclic) bond motifs is 6. The van der Waals surface area contributed by atoms with Crippen molar-refractivity contribution >= 4 is 54.3 Å². The van der Waals surface area contributed by atoms with E-state index in [0.717, 1.165) is 76.7 Å². The van der Waals surface area contributed by atoms with Crippen LogP contribution in [-0.2, 0) is 0 Å². The molecule has 0 aliphatic carbocycles. The summed E-state index contributed by atoms with van der Waals surface area (Å²) in [5.74, 6) is 0. The second-order valence-corrected chi connectivity index (χ2v) is 12.6. The molecular weight excluding hydrogens is 593 g/mol. The average Bonchev–Trinajstić information content (AvgIpc) is 3.54. The van der Waals surface area contributed by atoms with Gasteiger partial charge in [-0.25, -0.2) is 0 Å². The average molecular weight is 626 g/mol. The van der Waals surface area contributed by atoms with Crippen molar-refractivity contribution in [3.8, 4) is 44.5 Å². The van der Waals surface area contributed by atoms with Crippen LogP contribution in [0.25, 0.3) is 98.8 Å². The van der Waals surface area contributed by atoms with E-state index in [1.807, 2.05) is 78.9 Å². The Hall–Kier alpha value is -6.44. The first-order chi connectivity index (χ1) is 25.6. The molecule has 0 atom stereocenters. The molecule has 1 nitrogen and oxygen atoms in total. The predicted octanol–water partition coefficient (Wildman–Crippen LogP) is 13.7. The molecule has 0 fully saturated rings. The summed E-state index contributed by atoms with van der Waals surface area (Å²) in [6.07, 6.45) is 0. The van der Waals surface area contributed by atoms with Gasteiger partial charge in [0.1, 0.15) is 11.2 Å². The lowest BCUT2D eigenvalue weighted by Gasteiger charge is -2.19. The third-order valence-corrected chi connectivity index (χ3v) is 9.68. The van der Waals surface area contributed by atoms with E-state index in [4.69, 9.17) is 4.42 Å². The van der Waals surface area contributed by atoms with Crippen molar-refractivity contribution in [1.82, 2.24) is 0 Å². The molecule has 0 saturated heterocycles. The highest BCUT2D eigenvalue weighted by Crippen LogP contribution is 2.46. The summed E-state index contributed by atoms with van der Waals surface area (Å²) >= 11 is 0. The highest BCUT2D eigenvalue weighted by Gasteiger charge is 2.19. The molecule has 1 heterocycles. The fraction of sp³-hybridized carbons (Fsp3) is 0. The highest BCUT2D eigenvalue weighted by atomic mass is 16.3. The van der Waals surface area contributed by atoms with Gasteiger partial charge in [-0.1, -0.05) is 140 Å². The van der Waals surface area contributed by atoms with Gasteiger partial charge in [0.2, 0.25) is 0 Å². The van der Waals surface area contributed by atoms with Crippen LogP contribution in [0.15, 0.2) is 186 Å². The zero-order chi connectivity index (χ0) is 34.9. The van der Waals surface area contributed by atoms with Crippen LogP contribution in [0.3, 0.4) is 0 Å². The summed E-state index contributed by atoms with van der Waals surface area (Å²) < 4.78 is 35.4. The molecule has 1 heteroatoms. The predicted molar refractivity (Wildman–Crippen MR) is 208 cm³/mol. The Morgan fingerprint density at radius 3 is 1.33 bits per heavy atom. The number of furan rings is 1. The molecular formula is C48H30O. The third kappa shape index (κ3) is 4.55. The second-order valence-electron chi connectivity index (χ2n) is 12.6. The highest BCUT2D eigenvalue weighted by molar-refractivity contribution is 6.22. The molecule has 0 spiro atoms. The van der Waals surface area contributed by atoms with Gasteiger partial charge in [-0.15, -0.1) is 0 Å². The Labute approximate surface area is 288 Å². The zero-order valence-corrected chi connectivity index (χ0v) is 26.5. The molecule has 9 aromatic carbocycles. The maximum absolute atomic E-state index is 9.79. The van der Waals surface area contributed by atoms with Crippen LogP contribution in [0, 0.1) is 0 Å². The van der Waals surface area contributed by atoms with E-state index in [0.29, 0.717) is 16.7 Å². The van der Waals surface area contributed by atoms with Crippen LogP contribution in [0.2, 0.25) is 0 Å². The van der Waals surface area contributed by atoms with Gasteiger partial charge < -0.3 is 4.42 Å². The van der Waals surface area contributed by atoms with Gasteiger partial charge in [0.05, 0.1) is 4.11 Å². The molecule has 0 radical (unpaired) electrons. The van der Waals surface area contributed by atoms with E-state index in [1.54, 1.807) is 0 Å². The third-order valence-electron chi connectivity index (χ3n) is 9.68. The largest absolute Gasteiger partial charge is 0.456 e. The van der Waals surface area contributed by atoms with Crippen LogP contribution >= 0.6 is 0 Å². The summed E-state index contributed by atoms with van der Waals surface area (Å²) in [5.41, 5.74) is 7.84. The Kier molecular flexibility index (Phi) is 5.58. The van der Waals surface area contributed by atoms with Crippen molar-refractivity contribution in [2.24, 2.45) is 0 Å². The Bertz CT molecular complexity index is 2910. The Balaban J connectivity index is 1.31. The molecule has 0 N–H and O–H groups in total. The lowest BCUT2D eigenvalue weighted by Crippen LogP contribution is -1.92. The van der Waals surface area contributed by atoms with Crippen molar-refractivity contribution < 1.29 is 8.53 Å². The number of benzene rings is 9. The summed E-state index contributed by atoms with van der Waals surface area (Å²) in [7, 11) is 0. The van der Waals surface area contributed by atoms with Crippen LogP contribution < -0.4 is 0 Å². The topological polar surface area (TPSA) is 13.1 Å². The summed E-state index contributed by atoms with van der Waals surface area (Å²) in [6, 6.07) is 55.8. The Morgan fingerprint density at radius 2 is 0.755 bits per heavy atom. The van der Waals surface area contributed by atoms with Crippen LogP contribution in [0.5, 0.6) is 0 Å². The van der Waals surface area contributed by atoms with E-state index in [1.165, 1.54) is 5.39 Å². The van der Waals surface area contributed by atoms with Crippen molar-refractivity contribution in [3.05, 3.63) is 182 Å². The minimum absolute atomic E-state index is 0.183. The van der Waals surface area contributed by atoms with Crippen molar-refractivity contribution in [1.29, 1.82) is 0 Å². The van der Waals surface area contributed by atoms with Gasteiger partial charge in [-0.2, -0.15) is 0 Å².